The zero-order valence-corrected chi connectivity index (χ0v) is 19.2. The van der Waals surface area contributed by atoms with Gasteiger partial charge in [-0.3, -0.25) is 4.79 Å². The molecule has 5 nitrogen and oxygen atoms in total. The maximum absolute atomic E-state index is 11.9. The van der Waals surface area contributed by atoms with E-state index in [1.807, 2.05) is 6.92 Å². The molecule has 0 bridgehead atoms. The van der Waals surface area contributed by atoms with Crippen molar-refractivity contribution in [1.29, 1.82) is 0 Å². The monoisotopic (exact) mass is 415 g/mol. The molecule has 0 spiro atoms. The van der Waals surface area contributed by atoms with Gasteiger partial charge in [-0.2, -0.15) is 0 Å². The molecule has 0 saturated heterocycles. The van der Waals surface area contributed by atoms with Crippen LogP contribution in [0.15, 0.2) is 0 Å². The Morgan fingerprint density at radius 3 is 1.59 bits per heavy atom. The lowest BCUT2D eigenvalue weighted by Gasteiger charge is -2.23. The Hall–Kier alpha value is -0.650. The van der Waals surface area contributed by atoms with Crippen LogP contribution in [0.5, 0.6) is 0 Å². The average molecular weight is 416 g/mol. The molecule has 0 radical (unpaired) electrons. The third-order valence-corrected chi connectivity index (χ3v) is 5.73. The molecule has 1 unspecified atom stereocenters. The SMILES string of the molecule is CCCCCCCCCCCCCCC[C@@H](O)[C@H](CO)NC(=O)C(O)CCCC. The Bertz CT molecular complexity index is 365. The van der Waals surface area contributed by atoms with E-state index in [0.717, 1.165) is 25.7 Å². The van der Waals surface area contributed by atoms with Crippen molar-refractivity contribution in [3.05, 3.63) is 0 Å². The Kier molecular flexibility index (Phi) is 20.2. The van der Waals surface area contributed by atoms with Crippen molar-refractivity contribution in [3.8, 4) is 0 Å². The van der Waals surface area contributed by atoms with E-state index in [2.05, 4.69) is 12.2 Å². The zero-order valence-electron chi connectivity index (χ0n) is 19.2. The van der Waals surface area contributed by atoms with E-state index in [9.17, 15) is 20.1 Å². The molecule has 0 aliphatic carbocycles. The number of rotatable bonds is 21. The van der Waals surface area contributed by atoms with Gasteiger partial charge in [0.2, 0.25) is 5.91 Å². The summed E-state index contributed by atoms with van der Waals surface area (Å²) < 4.78 is 0. The van der Waals surface area contributed by atoms with Crippen molar-refractivity contribution in [1.82, 2.24) is 5.32 Å². The number of carbonyl (C=O) groups excluding carboxylic acids is 1. The highest BCUT2D eigenvalue weighted by molar-refractivity contribution is 5.80. The normalized spacial score (nSPS) is 14.5. The molecule has 0 aliphatic heterocycles. The van der Waals surface area contributed by atoms with Gasteiger partial charge in [-0.1, -0.05) is 110 Å². The second-order valence-corrected chi connectivity index (χ2v) is 8.55. The number of hydrogen-bond donors (Lipinski definition) is 4. The lowest BCUT2D eigenvalue weighted by Crippen LogP contribution is -2.49. The lowest BCUT2D eigenvalue weighted by molar-refractivity contribution is -0.131. The molecule has 1 amide bonds. The predicted octanol–water partition coefficient (Wildman–Crippen LogP) is 4.86. The van der Waals surface area contributed by atoms with Crippen molar-refractivity contribution in [2.24, 2.45) is 0 Å². The van der Waals surface area contributed by atoms with Crippen molar-refractivity contribution in [2.75, 3.05) is 6.61 Å². The summed E-state index contributed by atoms with van der Waals surface area (Å²) in [6.45, 7) is 3.94. The highest BCUT2D eigenvalue weighted by Crippen LogP contribution is 2.14. The maximum atomic E-state index is 11.9. The van der Waals surface area contributed by atoms with Gasteiger partial charge in [-0.15, -0.1) is 0 Å². The second-order valence-electron chi connectivity index (χ2n) is 8.55. The summed E-state index contributed by atoms with van der Waals surface area (Å²) in [7, 11) is 0. The zero-order chi connectivity index (χ0) is 21.7. The van der Waals surface area contributed by atoms with E-state index < -0.39 is 24.2 Å². The minimum Gasteiger partial charge on any atom is -0.394 e. The Morgan fingerprint density at radius 1 is 0.690 bits per heavy atom. The Balaban J connectivity index is 3.65. The van der Waals surface area contributed by atoms with Gasteiger partial charge in [0, 0.05) is 0 Å². The van der Waals surface area contributed by atoms with E-state index in [0.29, 0.717) is 12.8 Å². The van der Waals surface area contributed by atoms with Crippen LogP contribution >= 0.6 is 0 Å². The van der Waals surface area contributed by atoms with Crippen molar-refractivity contribution in [2.45, 2.75) is 141 Å². The average Bonchev–Trinajstić information content (AvgIpc) is 2.73. The summed E-state index contributed by atoms with van der Waals surface area (Å²) in [5, 5.41) is 32.1. The Labute approximate surface area is 179 Å². The quantitative estimate of drug-likeness (QED) is 0.202. The molecule has 0 rings (SSSR count). The number of nitrogens with one attached hydrogen (secondary N) is 1. The van der Waals surface area contributed by atoms with Gasteiger partial charge in [0.15, 0.2) is 0 Å². The third kappa shape index (κ3) is 16.8. The van der Waals surface area contributed by atoms with Crippen molar-refractivity contribution in [3.63, 3.8) is 0 Å². The molecule has 0 aromatic carbocycles. The van der Waals surface area contributed by atoms with Crippen LogP contribution < -0.4 is 5.32 Å². The highest BCUT2D eigenvalue weighted by Gasteiger charge is 2.23. The van der Waals surface area contributed by atoms with Crippen molar-refractivity contribution < 1.29 is 20.1 Å². The summed E-state index contributed by atoms with van der Waals surface area (Å²) in [6, 6.07) is -0.698. The first-order valence-corrected chi connectivity index (χ1v) is 12.3. The molecule has 0 aliphatic rings. The van der Waals surface area contributed by atoms with E-state index in [1.54, 1.807) is 0 Å². The Morgan fingerprint density at radius 2 is 1.14 bits per heavy atom. The molecule has 0 heterocycles. The summed E-state index contributed by atoms with van der Waals surface area (Å²) in [5.41, 5.74) is 0. The van der Waals surface area contributed by atoms with Gasteiger partial charge in [-0.05, 0) is 12.8 Å². The first-order chi connectivity index (χ1) is 14.1. The number of aliphatic hydroxyl groups is 3. The second kappa shape index (κ2) is 20.6. The smallest absolute Gasteiger partial charge is 0.249 e. The van der Waals surface area contributed by atoms with E-state index >= 15 is 0 Å². The number of amides is 1. The molecule has 0 aromatic heterocycles. The molecule has 0 saturated carbocycles. The summed E-state index contributed by atoms with van der Waals surface area (Å²) in [6.07, 6.45) is 17.4. The van der Waals surface area contributed by atoms with Gasteiger partial charge in [0.05, 0.1) is 18.8 Å². The summed E-state index contributed by atoms with van der Waals surface area (Å²) >= 11 is 0. The van der Waals surface area contributed by atoms with Crippen LogP contribution in [0.3, 0.4) is 0 Å². The van der Waals surface area contributed by atoms with Crippen LogP contribution in [0.25, 0.3) is 0 Å². The molecule has 0 aromatic rings. The van der Waals surface area contributed by atoms with Crippen LogP contribution in [-0.2, 0) is 4.79 Å². The fourth-order valence-corrected chi connectivity index (χ4v) is 3.64. The molecule has 5 heteroatoms. The van der Waals surface area contributed by atoms with Gasteiger partial charge in [0.25, 0.3) is 0 Å². The minimum absolute atomic E-state index is 0.314. The standard InChI is InChI=1S/C24H49NO4/c1-3-5-7-8-9-10-11-12-13-14-15-16-17-19-22(27)21(20-26)25-24(29)23(28)18-6-4-2/h21-23,26-28H,3-20H2,1-2H3,(H,25,29)/t21-,22+,23?/m0/s1. The number of carbonyl (C=O) groups is 1. The first kappa shape index (κ1) is 28.4. The van der Waals surface area contributed by atoms with E-state index in [4.69, 9.17) is 0 Å². The van der Waals surface area contributed by atoms with Crippen LogP contribution in [0.1, 0.15) is 123 Å². The van der Waals surface area contributed by atoms with Crippen LogP contribution in [-0.4, -0.2) is 46.1 Å². The number of unbranched alkanes of at least 4 members (excludes halogenated alkanes) is 13. The molecule has 3 atom stereocenters. The predicted molar refractivity (Wildman–Crippen MR) is 121 cm³/mol. The molecular weight excluding hydrogens is 366 g/mol. The first-order valence-electron chi connectivity index (χ1n) is 12.3. The van der Waals surface area contributed by atoms with E-state index in [1.165, 1.54) is 70.6 Å². The van der Waals surface area contributed by atoms with Crippen LogP contribution in [0.2, 0.25) is 0 Å². The van der Waals surface area contributed by atoms with E-state index in [-0.39, 0.29) is 6.61 Å². The van der Waals surface area contributed by atoms with Gasteiger partial charge in [0.1, 0.15) is 6.10 Å². The lowest BCUT2D eigenvalue weighted by atomic mass is 10.0. The molecule has 4 N–H and O–H groups in total. The molecule has 29 heavy (non-hydrogen) atoms. The highest BCUT2D eigenvalue weighted by atomic mass is 16.3. The van der Waals surface area contributed by atoms with Crippen molar-refractivity contribution >= 4 is 5.91 Å². The van der Waals surface area contributed by atoms with Gasteiger partial charge >= 0.3 is 0 Å². The maximum Gasteiger partial charge on any atom is 0.249 e. The topological polar surface area (TPSA) is 89.8 Å². The molecule has 174 valence electrons. The minimum atomic E-state index is -1.06. The fourth-order valence-electron chi connectivity index (χ4n) is 3.64. The van der Waals surface area contributed by atoms with Gasteiger partial charge in [-0.25, -0.2) is 0 Å². The summed E-state index contributed by atoms with van der Waals surface area (Å²) in [4.78, 5) is 11.9. The van der Waals surface area contributed by atoms with Crippen LogP contribution in [0.4, 0.5) is 0 Å². The number of aliphatic hydroxyl groups excluding tert-OH is 3. The number of hydrogen-bond acceptors (Lipinski definition) is 4. The van der Waals surface area contributed by atoms with Crippen LogP contribution in [0, 0.1) is 0 Å². The van der Waals surface area contributed by atoms with Gasteiger partial charge < -0.3 is 20.6 Å². The fraction of sp³-hybridized carbons (Fsp3) is 0.958. The molecular formula is C24H49NO4. The third-order valence-electron chi connectivity index (χ3n) is 5.73. The summed E-state index contributed by atoms with van der Waals surface area (Å²) in [5.74, 6) is -0.498. The largest absolute Gasteiger partial charge is 0.394 e. The molecule has 0 fully saturated rings.